The van der Waals surface area contributed by atoms with Gasteiger partial charge in [0.1, 0.15) is 0 Å². The van der Waals surface area contributed by atoms with Crippen LogP contribution < -0.4 is 5.73 Å². The number of hydrogen-bond donors (Lipinski definition) is 1. The molecule has 0 saturated carbocycles. The lowest BCUT2D eigenvalue weighted by atomic mass is 9.91. The summed E-state index contributed by atoms with van der Waals surface area (Å²) in [4.78, 5) is 4.03. The first-order valence-electron chi connectivity index (χ1n) is 5.95. The molecule has 0 spiro atoms. The minimum atomic E-state index is 0.386. The molecule has 17 heavy (non-hydrogen) atoms. The highest BCUT2D eigenvalue weighted by Crippen LogP contribution is 2.20. The van der Waals surface area contributed by atoms with Crippen LogP contribution in [-0.4, -0.2) is 11.5 Å². The number of aromatic nitrogens is 1. The molecule has 0 radical (unpaired) electrons. The largest absolute Gasteiger partial charge is 0.330 e. The molecule has 0 bridgehead atoms. The van der Waals surface area contributed by atoms with Crippen molar-refractivity contribution in [1.82, 2.24) is 4.98 Å². The topological polar surface area (TPSA) is 38.9 Å². The third-order valence-electron chi connectivity index (χ3n) is 3.03. The molecule has 2 aromatic rings. The maximum absolute atomic E-state index is 5.89. The molecule has 2 rings (SSSR count). The zero-order chi connectivity index (χ0) is 12.1. The Labute approximate surface area is 103 Å². The van der Waals surface area contributed by atoms with Crippen molar-refractivity contribution in [2.75, 3.05) is 6.54 Å². The van der Waals surface area contributed by atoms with Crippen molar-refractivity contribution in [1.29, 1.82) is 0 Å². The summed E-state index contributed by atoms with van der Waals surface area (Å²) in [5.41, 5.74) is 9.79. The van der Waals surface area contributed by atoms with Crippen LogP contribution in [0, 0.1) is 6.92 Å². The molecule has 0 aliphatic rings. The van der Waals surface area contributed by atoms with Crippen LogP contribution in [-0.2, 0) is 6.42 Å². The van der Waals surface area contributed by atoms with Crippen molar-refractivity contribution in [2.24, 2.45) is 5.73 Å². The lowest BCUT2D eigenvalue weighted by molar-refractivity contribution is 0.693. The Bertz CT molecular complexity index is 465. The molecule has 1 unspecified atom stereocenters. The first-order chi connectivity index (χ1) is 8.29. The van der Waals surface area contributed by atoms with Gasteiger partial charge in [-0.25, -0.2) is 0 Å². The van der Waals surface area contributed by atoms with Crippen molar-refractivity contribution >= 4 is 0 Å². The molecule has 88 valence electrons. The van der Waals surface area contributed by atoms with Gasteiger partial charge in [-0.3, -0.25) is 4.98 Å². The molecule has 0 aliphatic heterocycles. The second kappa shape index (κ2) is 5.60. The zero-order valence-electron chi connectivity index (χ0n) is 10.1. The lowest BCUT2D eigenvalue weighted by Gasteiger charge is -2.15. The first kappa shape index (κ1) is 11.8. The quantitative estimate of drug-likeness (QED) is 0.870. The van der Waals surface area contributed by atoms with E-state index >= 15 is 0 Å². The Kier molecular flexibility index (Phi) is 3.89. The third-order valence-corrected chi connectivity index (χ3v) is 3.03. The van der Waals surface area contributed by atoms with Gasteiger partial charge in [0.05, 0.1) is 0 Å². The highest BCUT2D eigenvalue weighted by molar-refractivity contribution is 5.27. The van der Waals surface area contributed by atoms with Crippen molar-refractivity contribution in [3.05, 3.63) is 65.5 Å². The molecule has 2 heteroatoms. The monoisotopic (exact) mass is 226 g/mol. The molecule has 0 amide bonds. The molecule has 0 aliphatic carbocycles. The van der Waals surface area contributed by atoms with Crippen LogP contribution in [0.1, 0.15) is 22.6 Å². The number of benzene rings is 1. The van der Waals surface area contributed by atoms with E-state index in [4.69, 9.17) is 5.73 Å². The number of nitrogens with two attached hydrogens (primary N) is 1. The van der Waals surface area contributed by atoms with Gasteiger partial charge in [0.15, 0.2) is 0 Å². The van der Waals surface area contributed by atoms with E-state index in [1.807, 2.05) is 12.4 Å². The second-order valence-electron chi connectivity index (χ2n) is 4.41. The molecular weight excluding hydrogens is 208 g/mol. The number of aryl methyl sites for hydroxylation is 1. The second-order valence-corrected chi connectivity index (χ2v) is 4.41. The van der Waals surface area contributed by atoms with Crippen LogP contribution in [0.4, 0.5) is 0 Å². The van der Waals surface area contributed by atoms with E-state index in [1.54, 1.807) is 0 Å². The molecule has 2 N–H and O–H groups in total. The van der Waals surface area contributed by atoms with E-state index in [2.05, 4.69) is 48.3 Å². The fraction of sp³-hybridized carbons (Fsp3) is 0.267. The summed E-state index contributed by atoms with van der Waals surface area (Å²) in [6.07, 6.45) is 4.64. The van der Waals surface area contributed by atoms with Gasteiger partial charge in [0.2, 0.25) is 0 Å². The molecule has 1 aromatic carbocycles. The summed E-state index contributed by atoms with van der Waals surface area (Å²) in [7, 11) is 0. The Morgan fingerprint density at radius 1 is 1.18 bits per heavy atom. The van der Waals surface area contributed by atoms with Crippen LogP contribution in [0.3, 0.4) is 0 Å². The Balaban J connectivity index is 2.17. The molecular formula is C15H18N2. The fourth-order valence-corrected chi connectivity index (χ4v) is 2.06. The van der Waals surface area contributed by atoms with Gasteiger partial charge in [0, 0.05) is 18.3 Å². The number of nitrogens with zero attached hydrogens (tertiary/aromatic N) is 1. The van der Waals surface area contributed by atoms with Crippen molar-refractivity contribution in [3.8, 4) is 0 Å². The number of pyridine rings is 1. The Morgan fingerprint density at radius 2 is 1.94 bits per heavy atom. The molecule has 0 saturated heterocycles. The van der Waals surface area contributed by atoms with Gasteiger partial charge in [-0.1, -0.05) is 29.8 Å². The third kappa shape index (κ3) is 3.14. The van der Waals surface area contributed by atoms with Gasteiger partial charge in [-0.05, 0) is 43.1 Å². The summed E-state index contributed by atoms with van der Waals surface area (Å²) in [6, 6.07) is 12.7. The molecule has 1 atom stereocenters. The van der Waals surface area contributed by atoms with E-state index in [0.717, 1.165) is 6.42 Å². The first-order valence-corrected chi connectivity index (χ1v) is 5.95. The normalized spacial score (nSPS) is 12.4. The van der Waals surface area contributed by atoms with Gasteiger partial charge < -0.3 is 5.73 Å². The predicted octanol–water partition coefficient (Wildman–Crippen LogP) is 2.68. The highest BCUT2D eigenvalue weighted by Gasteiger charge is 2.10. The van der Waals surface area contributed by atoms with Crippen LogP contribution in [0.5, 0.6) is 0 Å². The van der Waals surface area contributed by atoms with Crippen LogP contribution in [0.15, 0.2) is 48.8 Å². The molecule has 2 nitrogen and oxygen atoms in total. The van der Waals surface area contributed by atoms with Gasteiger partial charge in [-0.15, -0.1) is 0 Å². The number of rotatable bonds is 4. The van der Waals surface area contributed by atoms with Gasteiger partial charge in [0.25, 0.3) is 0 Å². The molecule has 1 aromatic heterocycles. The highest BCUT2D eigenvalue weighted by atomic mass is 14.6. The Hall–Kier alpha value is -1.67. The minimum Gasteiger partial charge on any atom is -0.330 e. The SMILES string of the molecule is Cc1cccc(C(CN)Cc2ccncc2)c1. The summed E-state index contributed by atoms with van der Waals surface area (Å²) in [5, 5.41) is 0. The summed E-state index contributed by atoms with van der Waals surface area (Å²) in [5.74, 6) is 0.386. The fourth-order valence-electron chi connectivity index (χ4n) is 2.06. The number of hydrogen-bond acceptors (Lipinski definition) is 2. The standard InChI is InChI=1S/C15H18N2/c1-12-3-2-4-14(9-12)15(11-16)10-13-5-7-17-8-6-13/h2-9,15H,10-11,16H2,1H3. The van der Waals surface area contributed by atoms with E-state index in [1.165, 1.54) is 16.7 Å². The average Bonchev–Trinajstić information content (AvgIpc) is 2.37. The van der Waals surface area contributed by atoms with Gasteiger partial charge in [-0.2, -0.15) is 0 Å². The van der Waals surface area contributed by atoms with Crippen LogP contribution >= 0.6 is 0 Å². The minimum absolute atomic E-state index is 0.386. The van der Waals surface area contributed by atoms with Gasteiger partial charge >= 0.3 is 0 Å². The van der Waals surface area contributed by atoms with E-state index < -0.39 is 0 Å². The Morgan fingerprint density at radius 3 is 2.59 bits per heavy atom. The van der Waals surface area contributed by atoms with Crippen molar-refractivity contribution < 1.29 is 0 Å². The van der Waals surface area contributed by atoms with E-state index in [0.29, 0.717) is 12.5 Å². The smallest absolute Gasteiger partial charge is 0.0270 e. The molecule has 1 heterocycles. The lowest BCUT2D eigenvalue weighted by Crippen LogP contribution is -2.15. The predicted molar refractivity (Wildman–Crippen MR) is 70.9 cm³/mol. The summed E-state index contributed by atoms with van der Waals surface area (Å²) < 4.78 is 0. The summed E-state index contributed by atoms with van der Waals surface area (Å²) >= 11 is 0. The van der Waals surface area contributed by atoms with Crippen LogP contribution in [0.25, 0.3) is 0 Å². The average molecular weight is 226 g/mol. The summed E-state index contributed by atoms with van der Waals surface area (Å²) in [6.45, 7) is 2.79. The van der Waals surface area contributed by atoms with E-state index in [-0.39, 0.29) is 0 Å². The maximum Gasteiger partial charge on any atom is 0.0270 e. The van der Waals surface area contributed by atoms with Crippen LogP contribution in [0.2, 0.25) is 0 Å². The van der Waals surface area contributed by atoms with E-state index in [9.17, 15) is 0 Å². The van der Waals surface area contributed by atoms with Crippen molar-refractivity contribution in [3.63, 3.8) is 0 Å². The molecule has 0 fully saturated rings. The maximum atomic E-state index is 5.89. The van der Waals surface area contributed by atoms with Crippen molar-refractivity contribution in [2.45, 2.75) is 19.3 Å². The zero-order valence-corrected chi connectivity index (χ0v) is 10.1.